The third kappa shape index (κ3) is 4.67. The van der Waals surface area contributed by atoms with Gasteiger partial charge >= 0.3 is 0 Å². The number of thioether (sulfide) groups is 1. The van der Waals surface area contributed by atoms with Gasteiger partial charge in [0.15, 0.2) is 9.84 Å². The Balaban J connectivity index is 2.04. The summed E-state index contributed by atoms with van der Waals surface area (Å²) < 4.78 is 24.8. The Labute approximate surface area is 136 Å². The van der Waals surface area contributed by atoms with E-state index in [0.717, 1.165) is 18.8 Å². The third-order valence-electron chi connectivity index (χ3n) is 3.48. The molecule has 0 amide bonds. The minimum atomic E-state index is -3.30. The van der Waals surface area contributed by atoms with Gasteiger partial charge in [-0.05, 0) is 12.1 Å². The molecule has 1 atom stereocenters. The molecule has 0 bridgehead atoms. The summed E-state index contributed by atoms with van der Waals surface area (Å²) in [6, 6.07) is 6.57. The lowest BCUT2D eigenvalue weighted by molar-refractivity contribution is 0.303. The summed E-state index contributed by atoms with van der Waals surface area (Å²) in [6.07, 6.45) is 0. The molecule has 0 radical (unpaired) electrons. The SMILES string of the molecule is CC1CN(CCS(=O)(=O)c2cccc(C(N)=S)c2)CCS1. The third-order valence-corrected chi connectivity index (χ3v) is 6.54. The maximum absolute atomic E-state index is 12.4. The number of nitrogens with zero attached hydrogens (tertiary/aromatic N) is 1. The fourth-order valence-corrected chi connectivity index (χ4v) is 4.84. The number of sulfone groups is 1. The average molecular weight is 345 g/mol. The van der Waals surface area contributed by atoms with Crippen LogP contribution in [-0.2, 0) is 9.84 Å². The molecular weight excluding hydrogens is 324 g/mol. The number of hydrogen-bond donors (Lipinski definition) is 1. The summed E-state index contributed by atoms with van der Waals surface area (Å²) in [5.41, 5.74) is 6.15. The normalized spacial score (nSPS) is 20.3. The van der Waals surface area contributed by atoms with Gasteiger partial charge in [0.05, 0.1) is 10.6 Å². The fourth-order valence-electron chi connectivity index (χ4n) is 2.30. The number of hydrogen-bond acceptors (Lipinski definition) is 5. The first-order valence-electron chi connectivity index (χ1n) is 6.85. The molecule has 0 aliphatic carbocycles. The first kappa shape index (κ1) is 16.7. The van der Waals surface area contributed by atoms with Crippen LogP contribution in [0, 0.1) is 0 Å². The molecule has 1 aromatic rings. The summed E-state index contributed by atoms with van der Waals surface area (Å²) in [5, 5.41) is 0.569. The summed E-state index contributed by atoms with van der Waals surface area (Å²) in [4.78, 5) is 2.73. The van der Waals surface area contributed by atoms with Crippen LogP contribution >= 0.6 is 24.0 Å². The van der Waals surface area contributed by atoms with Gasteiger partial charge in [-0.1, -0.05) is 31.3 Å². The largest absolute Gasteiger partial charge is 0.389 e. The molecule has 1 unspecified atom stereocenters. The van der Waals surface area contributed by atoms with Crippen molar-refractivity contribution >= 4 is 38.8 Å². The topological polar surface area (TPSA) is 63.4 Å². The molecule has 1 aliphatic rings. The van der Waals surface area contributed by atoms with Crippen molar-refractivity contribution in [2.45, 2.75) is 17.1 Å². The monoisotopic (exact) mass is 344 g/mol. The average Bonchev–Trinajstić information content (AvgIpc) is 2.45. The molecule has 7 heteroatoms. The number of rotatable bonds is 5. The van der Waals surface area contributed by atoms with Gasteiger partial charge in [-0.3, -0.25) is 0 Å². The second kappa shape index (κ2) is 7.09. The van der Waals surface area contributed by atoms with Crippen molar-refractivity contribution < 1.29 is 8.42 Å². The van der Waals surface area contributed by atoms with Gasteiger partial charge in [0.25, 0.3) is 0 Å². The molecule has 1 fully saturated rings. The van der Waals surface area contributed by atoms with Crippen LogP contribution in [0.3, 0.4) is 0 Å². The molecule has 0 spiro atoms. The smallest absolute Gasteiger partial charge is 0.179 e. The van der Waals surface area contributed by atoms with E-state index in [0.29, 0.717) is 22.3 Å². The minimum absolute atomic E-state index is 0.130. The molecule has 4 nitrogen and oxygen atoms in total. The van der Waals surface area contributed by atoms with Crippen molar-refractivity contribution in [1.29, 1.82) is 0 Å². The molecule has 1 aromatic carbocycles. The first-order valence-corrected chi connectivity index (χ1v) is 9.96. The highest BCUT2D eigenvalue weighted by atomic mass is 32.2. The van der Waals surface area contributed by atoms with E-state index < -0.39 is 9.84 Å². The maximum atomic E-state index is 12.4. The second-order valence-electron chi connectivity index (χ2n) is 5.19. The van der Waals surface area contributed by atoms with Crippen molar-refractivity contribution in [2.75, 3.05) is 31.1 Å². The van der Waals surface area contributed by atoms with E-state index in [1.165, 1.54) is 0 Å². The summed E-state index contributed by atoms with van der Waals surface area (Å²) >= 11 is 6.83. The predicted octanol–water partition coefficient (Wildman–Crippen LogP) is 1.53. The van der Waals surface area contributed by atoms with Gasteiger partial charge in [0.1, 0.15) is 4.99 Å². The predicted molar refractivity (Wildman–Crippen MR) is 92.7 cm³/mol. The second-order valence-corrected chi connectivity index (χ2v) is 9.29. The lowest BCUT2D eigenvalue weighted by Crippen LogP contribution is -2.39. The van der Waals surface area contributed by atoms with Gasteiger partial charge in [-0.15, -0.1) is 0 Å². The Morgan fingerprint density at radius 3 is 2.95 bits per heavy atom. The summed E-state index contributed by atoms with van der Waals surface area (Å²) in [5.74, 6) is 1.20. The quantitative estimate of drug-likeness (QED) is 0.818. The van der Waals surface area contributed by atoms with Gasteiger partial charge in [0.2, 0.25) is 0 Å². The molecule has 2 rings (SSSR count). The van der Waals surface area contributed by atoms with E-state index in [1.807, 2.05) is 11.8 Å². The highest BCUT2D eigenvalue weighted by Crippen LogP contribution is 2.19. The van der Waals surface area contributed by atoms with Crippen LogP contribution in [0.4, 0.5) is 0 Å². The zero-order valence-corrected chi connectivity index (χ0v) is 14.4. The zero-order valence-electron chi connectivity index (χ0n) is 12.0. The number of nitrogens with two attached hydrogens (primary N) is 1. The maximum Gasteiger partial charge on any atom is 0.179 e. The van der Waals surface area contributed by atoms with Crippen molar-refractivity contribution in [3.8, 4) is 0 Å². The molecule has 1 aliphatic heterocycles. The van der Waals surface area contributed by atoms with Crippen LogP contribution in [0.5, 0.6) is 0 Å². The molecule has 21 heavy (non-hydrogen) atoms. The van der Waals surface area contributed by atoms with Gasteiger partial charge in [-0.2, -0.15) is 11.8 Å². The Hall–Kier alpha value is -0.630. The standard InChI is InChI=1S/C14H20N2O2S3/c1-11-10-16(5-7-20-11)6-8-21(17,18)13-4-2-3-12(9-13)14(15)19/h2-4,9,11H,5-8,10H2,1H3,(H2,15,19). The number of benzene rings is 1. The van der Waals surface area contributed by atoms with Crippen molar-refractivity contribution in [1.82, 2.24) is 4.90 Å². The van der Waals surface area contributed by atoms with Crippen LogP contribution in [0.25, 0.3) is 0 Å². The van der Waals surface area contributed by atoms with E-state index in [1.54, 1.807) is 24.3 Å². The van der Waals surface area contributed by atoms with Crippen molar-refractivity contribution in [3.63, 3.8) is 0 Å². The lowest BCUT2D eigenvalue weighted by atomic mass is 10.2. The zero-order chi connectivity index (χ0) is 15.5. The van der Waals surface area contributed by atoms with E-state index in [4.69, 9.17) is 18.0 Å². The Kier molecular flexibility index (Phi) is 5.65. The molecule has 1 saturated heterocycles. The Morgan fingerprint density at radius 2 is 2.29 bits per heavy atom. The van der Waals surface area contributed by atoms with Crippen molar-refractivity contribution in [3.05, 3.63) is 29.8 Å². The molecule has 2 N–H and O–H groups in total. The summed E-state index contributed by atoms with van der Waals surface area (Å²) in [6.45, 7) is 4.66. The molecule has 116 valence electrons. The van der Waals surface area contributed by atoms with Crippen LogP contribution in [0.2, 0.25) is 0 Å². The van der Waals surface area contributed by atoms with Crippen LogP contribution in [-0.4, -0.2) is 54.7 Å². The highest BCUT2D eigenvalue weighted by Gasteiger charge is 2.20. The van der Waals surface area contributed by atoms with E-state index in [2.05, 4.69) is 11.8 Å². The van der Waals surface area contributed by atoms with E-state index in [9.17, 15) is 8.42 Å². The molecule has 0 saturated carbocycles. The first-order chi connectivity index (χ1) is 9.88. The minimum Gasteiger partial charge on any atom is -0.389 e. The van der Waals surface area contributed by atoms with Crippen LogP contribution in [0.1, 0.15) is 12.5 Å². The summed E-state index contributed by atoms with van der Waals surface area (Å²) in [7, 11) is -3.30. The van der Waals surface area contributed by atoms with Crippen LogP contribution in [0.15, 0.2) is 29.2 Å². The molecule has 1 heterocycles. The Bertz CT molecular complexity index is 616. The van der Waals surface area contributed by atoms with Gasteiger partial charge in [-0.25, -0.2) is 8.42 Å². The van der Waals surface area contributed by atoms with E-state index in [-0.39, 0.29) is 10.7 Å². The van der Waals surface area contributed by atoms with Gasteiger partial charge < -0.3 is 10.6 Å². The lowest BCUT2D eigenvalue weighted by Gasteiger charge is -2.30. The van der Waals surface area contributed by atoms with Crippen LogP contribution < -0.4 is 5.73 Å². The highest BCUT2D eigenvalue weighted by molar-refractivity contribution is 8.00. The van der Waals surface area contributed by atoms with E-state index >= 15 is 0 Å². The molecule has 0 aromatic heterocycles. The van der Waals surface area contributed by atoms with Gasteiger partial charge in [0, 0.05) is 36.2 Å². The molecular formula is C14H20N2O2S3. The Morgan fingerprint density at radius 1 is 1.52 bits per heavy atom. The van der Waals surface area contributed by atoms with Crippen molar-refractivity contribution in [2.24, 2.45) is 5.73 Å². The number of thiocarbonyl (C=S) groups is 1. The fraction of sp³-hybridized carbons (Fsp3) is 0.500.